The Morgan fingerprint density at radius 1 is 1.59 bits per heavy atom. The fourth-order valence-corrected chi connectivity index (χ4v) is 2.17. The molecule has 1 aromatic carbocycles. The Balaban J connectivity index is 2.38. The highest BCUT2D eigenvalue weighted by Gasteiger charge is 2.24. The van der Waals surface area contributed by atoms with Crippen molar-refractivity contribution in [3.8, 4) is 6.07 Å². The van der Waals surface area contributed by atoms with E-state index in [0.29, 0.717) is 25.4 Å². The monoisotopic (exact) mass is 234 g/mol. The van der Waals surface area contributed by atoms with Crippen molar-refractivity contribution in [3.63, 3.8) is 0 Å². The summed E-state index contributed by atoms with van der Waals surface area (Å²) in [5.41, 5.74) is 0.815. The predicted octanol–water partition coefficient (Wildman–Crippen LogP) is 2.31. The first-order valence-electron chi connectivity index (χ1n) is 5.81. The van der Waals surface area contributed by atoms with Crippen LogP contribution in [0.2, 0.25) is 0 Å². The van der Waals surface area contributed by atoms with Gasteiger partial charge in [0.25, 0.3) is 0 Å². The largest absolute Gasteiger partial charge is 0.377 e. The smallest absolute Gasteiger partial charge is 0.143 e. The molecule has 1 aliphatic rings. The Hall–Kier alpha value is -1.60. The van der Waals surface area contributed by atoms with E-state index in [4.69, 9.17) is 10.00 Å². The molecule has 0 bridgehead atoms. The van der Waals surface area contributed by atoms with Crippen LogP contribution in [0.5, 0.6) is 0 Å². The van der Waals surface area contributed by atoms with Crippen molar-refractivity contribution in [1.29, 1.82) is 5.26 Å². The van der Waals surface area contributed by atoms with E-state index in [0.717, 1.165) is 6.42 Å². The molecule has 1 fully saturated rings. The van der Waals surface area contributed by atoms with E-state index < -0.39 is 5.82 Å². The van der Waals surface area contributed by atoms with Crippen molar-refractivity contribution in [2.24, 2.45) is 0 Å². The quantitative estimate of drug-likeness (QED) is 0.787. The average Bonchev–Trinajstić information content (AvgIpc) is 2.38. The van der Waals surface area contributed by atoms with Gasteiger partial charge in [-0.1, -0.05) is 13.0 Å². The summed E-state index contributed by atoms with van der Waals surface area (Å²) < 4.78 is 19.0. The third kappa shape index (κ3) is 2.25. The molecule has 0 saturated carbocycles. The average molecular weight is 234 g/mol. The van der Waals surface area contributed by atoms with Gasteiger partial charge in [-0.2, -0.15) is 5.26 Å². The lowest BCUT2D eigenvalue weighted by atomic mass is 10.1. The topological polar surface area (TPSA) is 36.3 Å². The van der Waals surface area contributed by atoms with Crippen LogP contribution in [0.15, 0.2) is 18.2 Å². The van der Waals surface area contributed by atoms with E-state index in [-0.39, 0.29) is 11.6 Å². The third-order valence-corrected chi connectivity index (χ3v) is 3.11. The van der Waals surface area contributed by atoms with Crippen LogP contribution in [-0.2, 0) is 4.74 Å². The molecule has 0 aromatic heterocycles. The molecule has 2 rings (SSSR count). The molecule has 90 valence electrons. The SMILES string of the molecule is CCC1COCCN1c1cccc(F)c1C#N. The maximum atomic E-state index is 13.6. The minimum absolute atomic E-state index is 0.132. The molecule has 1 saturated heterocycles. The first-order chi connectivity index (χ1) is 8.27. The summed E-state index contributed by atoms with van der Waals surface area (Å²) in [6, 6.07) is 6.94. The van der Waals surface area contributed by atoms with Gasteiger partial charge in [0.05, 0.1) is 24.9 Å². The number of morpholine rings is 1. The maximum Gasteiger partial charge on any atom is 0.143 e. The molecular weight excluding hydrogens is 219 g/mol. The third-order valence-electron chi connectivity index (χ3n) is 3.11. The van der Waals surface area contributed by atoms with Crippen molar-refractivity contribution in [2.75, 3.05) is 24.7 Å². The second-order valence-corrected chi connectivity index (χ2v) is 4.08. The zero-order valence-corrected chi connectivity index (χ0v) is 9.82. The fraction of sp³-hybridized carbons (Fsp3) is 0.462. The number of hydrogen-bond donors (Lipinski definition) is 0. The van der Waals surface area contributed by atoms with E-state index in [1.165, 1.54) is 6.07 Å². The van der Waals surface area contributed by atoms with E-state index in [1.54, 1.807) is 12.1 Å². The Labute approximate surface area is 100 Å². The summed E-state index contributed by atoms with van der Waals surface area (Å²) in [6.45, 7) is 4.03. The first-order valence-corrected chi connectivity index (χ1v) is 5.81. The second-order valence-electron chi connectivity index (χ2n) is 4.08. The van der Waals surface area contributed by atoms with E-state index >= 15 is 0 Å². The molecule has 0 N–H and O–H groups in total. The standard InChI is InChI=1S/C13H15FN2O/c1-2-10-9-17-7-6-16(10)13-5-3-4-12(14)11(13)8-15/h3-5,10H,2,6-7,9H2,1H3. The summed E-state index contributed by atoms with van der Waals surface area (Å²) in [5.74, 6) is -0.452. The molecule has 4 heteroatoms. The number of ether oxygens (including phenoxy) is 1. The Kier molecular flexibility index (Phi) is 3.60. The Morgan fingerprint density at radius 3 is 3.12 bits per heavy atom. The molecular formula is C13H15FN2O. The Morgan fingerprint density at radius 2 is 2.41 bits per heavy atom. The molecule has 0 amide bonds. The Bertz CT molecular complexity index is 442. The molecule has 1 atom stereocenters. The van der Waals surface area contributed by atoms with Gasteiger partial charge in [0.1, 0.15) is 17.4 Å². The summed E-state index contributed by atoms with van der Waals surface area (Å²) >= 11 is 0. The van der Waals surface area contributed by atoms with Crippen molar-refractivity contribution < 1.29 is 9.13 Å². The van der Waals surface area contributed by atoms with E-state index in [9.17, 15) is 4.39 Å². The predicted molar refractivity (Wildman–Crippen MR) is 63.4 cm³/mol. The van der Waals surface area contributed by atoms with Gasteiger partial charge in [0.2, 0.25) is 0 Å². The van der Waals surface area contributed by atoms with Gasteiger partial charge in [0.15, 0.2) is 0 Å². The molecule has 1 unspecified atom stereocenters. The molecule has 0 aliphatic carbocycles. The number of anilines is 1. The zero-order chi connectivity index (χ0) is 12.3. The second kappa shape index (κ2) is 5.15. The van der Waals surface area contributed by atoms with Gasteiger partial charge in [0, 0.05) is 6.54 Å². The van der Waals surface area contributed by atoms with Crippen LogP contribution in [0.3, 0.4) is 0 Å². The molecule has 17 heavy (non-hydrogen) atoms. The molecule has 0 spiro atoms. The van der Waals surface area contributed by atoms with Gasteiger partial charge >= 0.3 is 0 Å². The van der Waals surface area contributed by atoms with Crippen LogP contribution >= 0.6 is 0 Å². The zero-order valence-electron chi connectivity index (χ0n) is 9.82. The van der Waals surface area contributed by atoms with Crippen molar-refractivity contribution in [1.82, 2.24) is 0 Å². The molecule has 3 nitrogen and oxygen atoms in total. The van der Waals surface area contributed by atoms with Crippen molar-refractivity contribution in [2.45, 2.75) is 19.4 Å². The van der Waals surface area contributed by atoms with Crippen LogP contribution in [0, 0.1) is 17.1 Å². The summed E-state index contributed by atoms with van der Waals surface area (Å²) in [7, 11) is 0. The molecule has 1 heterocycles. The summed E-state index contributed by atoms with van der Waals surface area (Å²) in [5, 5.41) is 9.04. The lowest BCUT2D eigenvalue weighted by molar-refractivity contribution is 0.0929. The van der Waals surface area contributed by atoms with Gasteiger partial charge in [-0.25, -0.2) is 4.39 Å². The minimum atomic E-state index is -0.452. The maximum absolute atomic E-state index is 13.6. The van der Waals surface area contributed by atoms with Crippen molar-refractivity contribution in [3.05, 3.63) is 29.6 Å². The normalized spacial score (nSPS) is 20.1. The number of rotatable bonds is 2. The fourth-order valence-electron chi connectivity index (χ4n) is 2.17. The number of hydrogen-bond acceptors (Lipinski definition) is 3. The molecule has 0 radical (unpaired) electrons. The van der Waals surface area contributed by atoms with Crippen LogP contribution in [0.1, 0.15) is 18.9 Å². The summed E-state index contributed by atoms with van der Waals surface area (Å²) in [6.07, 6.45) is 0.918. The first kappa shape index (κ1) is 11.9. The van der Waals surface area contributed by atoms with Crippen LogP contribution < -0.4 is 4.90 Å². The molecule has 1 aliphatic heterocycles. The lowest BCUT2D eigenvalue weighted by Gasteiger charge is -2.37. The minimum Gasteiger partial charge on any atom is -0.377 e. The number of nitriles is 1. The van der Waals surface area contributed by atoms with Gasteiger partial charge in [-0.05, 0) is 18.6 Å². The highest BCUT2D eigenvalue weighted by Crippen LogP contribution is 2.26. The highest BCUT2D eigenvalue weighted by molar-refractivity contribution is 5.60. The van der Waals surface area contributed by atoms with Gasteiger partial charge < -0.3 is 9.64 Å². The summed E-state index contributed by atoms with van der Waals surface area (Å²) in [4.78, 5) is 2.07. The number of nitrogens with zero attached hydrogens (tertiary/aromatic N) is 2. The van der Waals surface area contributed by atoms with E-state index in [1.807, 2.05) is 6.07 Å². The number of halogens is 1. The highest BCUT2D eigenvalue weighted by atomic mass is 19.1. The van der Waals surface area contributed by atoms with Gasteiger partial charge in [-0.15, -0.1) is 0 Å². The van der Waals surface area contributed by atoms with Crippen molar-refractivity contribution >= 4 is 5.69 Å². The van der Waals surface area contributed by atoms with Crippen LogP contribution in [0.4, 0.5) is 10.1 Å². The number of benzene rings is 1. The van der Waals surface area contributed by atoms with Gasteiger partial charge in [-0.3, -0.25) is 0 Å². The van der Waals surface area contributed by atoms with Crippen LogP contribution in [-0.4, -0.2) is 25.8 Å². The lowest BCUT2D eigenvalue weighted by Crippen LogP contribution is -2.45. The van der Waals surface area contributed by atoms with Crippen LogP contribution in [0.25, 0.3) is 0 Å². The van der Waals surface area contributed by atoms with E-state index in [2.05, 4.69) is 11.8 Å². The molecule has 1 aromatic rings.